The highest BCUT2D eigenvalue weighted by atomic mass is 19.1. The fourth-order valence-electron chi connectivity index (χ4n) is 5.00. The Morgan fingerprint density at radius 1 is 0.900 bits per heavy atom. The van der Waals surface area contributed by atoms with Crippen LogP contribution in [-0.2, 0) is 16.0 Å². The molecule has 220 valence electrons. The van der Waals surface area contributed by atoms with Crippen molar-refractivity contribution in [3.8, 4) is 11.5 Å². The summed E-state index contributed by atoms with van der Waals surface area (Å²) in [6.45, 7) is 4.63. The third-order valence-electron chi connectivity index (χ3n) is 7.55. The van der Waals surface area contributed by atoms with Gasteiger partial charge in [-0.15, -0.1) is 0 Å². The average Bonchev–Trinajstić information content (AvgIpc) is 2.96. The second kappa shape index (κ2) is 17.0. The zero-order valence-electron chi connectivity index (χ0n) is 24.0. The molecule has 0 spiro atoms. The molecule has 0 saturated heterocycles. The van der Waals surface area contributed by atoms with Crippen LogP contribution < -0.4 is 9.47 Å². The Bertz CT molecular complexity index is 1050. The first-order valence-electron chi connectivity index (χ1n) is 15.0. The molecule has 1 aliphatic carbocycles. The maximum Gasteiger partial charge on any atom is 0.346 e. The predicted octanol–water partition coefficient (Wildman–Crippen LogP) is 8.57. The quantitative estimate of drug-likeness (QED) is 0.117. The van der Waals surface area contributed by atoms with Gasteiger partial charge in [0.1, 0.15) is 23.4 Å². The molecule has 0 bridgehead atoms. The molecule has 1 saturated carbocycles. The highest BCUT2D eigenvalue weighted by molar-refractivity contribution is 5.91. The number of benzene rings is 2. The van der Waals surface area contributed by atoms with Crippen LogP contribution in [0.15, 0.2) is 42.5 Å². The normalized spacial score (nSPS) is 17.7. The first kappa shape index (κ1) is 31.6. The molecule has 2 aromatic rings. The lowest BCUT2D eigenvalue weighted by atomic mass is 9.83. The van der Waals surface area contributed by atoms with Crippen LogP contribution in [0, 0.1) is 11.7 Å². The highest BCUT2D eigenvalue weighted by Crippen LogP contribution is 2.30. The predicted molar refractivity (Wildman–Crippen MR) is 152 cm³/mol. The number of halogens is 2. The fraction of sp³-hybridized carbons (Fsp3) is 0.576. The number of carbonyl (C=O) groups excluding carboxylic acids is 2. The highest BCUT2D eigenvalue weighted by Gasteiger charge is 2.27. The third kappa shape index (κ3) is 10.5. The zero-order valence-corrected chi connectivity index (χ0v) is 24.0. The van der Waals surface area contributed by atoms with Gasteiger partial charge in [-0.3, -0.25) is 0 Å². The van der Waals surface area contributed by atoms with Crippen molar-refractivity contribution in [2.75, 3.05) is 6.61 Å². The maximum absolute atomic E-state index is 14.5. The van der Waals surface area contributed by atoms with Crippen molar-refractivity contribution >= 4 is 11.9 Å². The van der Waals surface area contributed by atoms with Crippen LogP contribution in [0.5, 0.6) is 11.5 Å². The molecular formula is C33H44F2O5. The van der Waals surface area contributed by atoms with E-state index in [2.05, 4.69) is 6.92 Å². The van der Waals surface area contributed by atoms with E-state index in [0.717, 1.165) is 76.2 Å². The van der Waals surface area contributed by atoms with Crippen molar-refractivity contribution in [2.24, 2.45) is 5.92 Å². The van der Waals surface area contributed by atoms with Crippen LogP contribution in [-0.4, -0.2) is 30.8 Å². The molecule has 3 rings (SSSR count). The number of unbranched alkanes of at least 4 members (excludes halogenated alkanes) is 4. The van der Waals surface area contributed by atoms with Gasteiger partial charge in [-0.25, -0.2) is 18.4 Å². The minimum atomic E-state index is -1.51. The van der Waals surface area contributed by atoms with Crippen molar-refractivity contribution in [1.82, 2.24) is 0 Å². The molecule has 1 aliphatic rings. The Morgan fingerprint density at radius 2 is 1.60 bits per heavy atom. The molecular weight excluding hydrogens is 514 g/mol. The van der Waals surface area contributed by atoms with Crippen molar-refractivity contribution in [1.29, 1.82) is 0 Å². The minimum absolute atomic E-state index is 0.133. The summed E-state index contributed by atoms with van der Waals surface area (Å²) in [5.41, 5.74) is 0.989. The van der Waals surface area contributed by atoms with Gasteiger partial charge in [0, 0.05) is 6.07 Å². The molecule has 0 amide bonds. The van der Waals surface area contributed by atoms with Gasteiger partial charge in [0.2, 0.25) is 0 Å². The van der Waals surface area contributed by atoms with E-state index >= 15 is 0 Å². The van der Waals surface area contributed by atoms with Gasteiger partial charge in [0.25, 0.3) is 0 Å². The van der Waals surface area contributed by atoms with Crippen molar-refractivity contribution in [2.45, 2.75) is 110 Å². The summed E-state index contributed by atoms with van der Waals surface area (Å²) in [7, 11) is 0. The van der Waals surface area contributed by atoms with Crippen molar-refractivity contribution in [3.05, 3.63) is 59.4 Å². The second-order valence-corrected chi connectivity index (χ2v) is 10.8. The van der Waals surface area contributed by atoms with Gasteiger partial charge < -0.3 is 14.2 Å². The van der Waals surface area contributed by atoms with Gasteiger partial charge in [-0.1, -0.05) is 58.1 Å². The minimum Gasteiger partial charge on any atom is -0.493 e. The third-order valence-corrected chi connectivity index (χ3v) is 7.55. The van der Waals surface area contributed by atoms with Crippen LogP contribution >= 0.6 is 0 Å². The van der Waals surface area contributed by atoms with Gasteiger partial charge in [-0.2, -0.15) is 0 Å². The van der Waals surface area contributed by atoms with Crippen molar-refractivity contribution < 1.29 is 32.6 Å². The first-order valence-corrected chi connectivity index (χ1v) is 15.0. The van der Waals surface area contributed by atoms with E-state index in [4.69, 9.17) is 14.2 Å². The number of hydrogen-bond acceptors (Lipinski definition) is 5. The number of ether oxygens (including phenoxy) is 3. The van der Waals surface area contributed by atoms with Crippen LogP contribution in [0.3, 0.4) is 0 Å². The van der Waals surface area contributed by atoms with Crippen LogP contribution in [0.1, 0.15) is 107 Å². The van der Waals surface area contributed by atoms with E-state index in [0.29, 0.717) is 30.4 Å². The summed E-state index contributed by atoms with van der Waals surface area (Å²) < 4.78 is 44.8. The number of alkyl halides is 1. The molecule has 2 aromatic carbocycles. The zero-order chi connectivity index (χ0) is 28.7. The molecule has 0 unspecified atom stereocenters. The molecule has 7 heteroatoms. The lowest BCUT2D eigenvalue weighted by molar-refractivity contribution is -0.157. The molecule has 1 fully saturated rings. The summed E-state index contributed by atoms with van der Waals surface area (Å²) in [6.07, 6.45) is 9.69. The first-order chi connectivity index (χ1) is 19.4. The van der Waals surface area contributed by atoms with E-state index in [9.17, 15) is 18.4 Å². The number of aryl methyl sites for hydroxylation is 1. The summed E-state index contributed by atoms with van der Waals surface area (Å²) in [5.74, 6) is -0.837. The topological polar surface area (TPSA) is 61.8 Å². The molecule has 0 radical (unpaired) electrons. The lowest BCUT2D eigenvalue weighted by Crippen LogP contribution is -2.29. The van der Waals surface area contributed by atoms with Gasteiger partial charge in [-0.05, 0) is 87.1 Å². The Kier molecular flexibility index (Phi) is 13.4. The Hall–Kier alpha value is -2.96. The number of rotatable bonds is 16. The monoisotopic (exact) mass is 558 g/mol. The smallest absolute Gasteiger partial charge is 0.346 e. The summed E-state index contributed by atoms with van der Waals surface area (Å²) in [4.78, 5) is 24.4. The molecule has 0 aromatic heterocycles. The molecule has 0 heterocycles. The Balaban J connectivity index is 1.38. The molecule has 40 heavy (non-hydrogen) atoms. The summed E-state index contributed by atoms with van der Waals surface area (Å²) in [5, 5.41) is 0. The molecule has 0 aliphatic heterocycles. The van der Waals surface area contributed by atoms with E-state index < -0.39 is 23.9 Å². The number of esters is 2. The fourth-order valence-corrected chi connectivity index (χ4v) is 5.00. The maximum atomic E-state index is 14.5. The van der Waals surface area contributed by atoms with E-state index in [-0.39, 0.29) is 18.1 Å². The second-order valence-electron chi connectivity index (χ2n) is 10.8. The average molecular weight is 559 g/mol. The lowest BCUT2D eigenvalue weighted by Gasteiger charge is -2.28. The standard InChI is InChI=1S/C33H44F2O5/c1-3-5-7-8-22-38-28-20-21-29(31(35)23-28)32(36)39-26-16-12-24(13-17-26)10-11-25-14-18-27(19-15-25)40-33(37)30(34)9-6-4-2/h12-13,16-17,20-21,23,25,27,30H,3-11,14-15,18-19,22H2,1-2H3/t25?,27?,30-/m0/s1. The Morgan fingerprint density at radius 3 is 2.27 bits per heavy atom. The molecule has 5 nitrogen and oxygen atoms in total. The van der Waals surface area contributed by atoms with E-state index in [1.54, 1.807) is 18.2 Å². The van der Waals surface area contributed by atoms with Gasteiger partial charge in [0.05, 0.1) is 12.2 Å². The van der Waals surface area contributed by atoms with E-state index in [1.807, 2.05) is 19.1 Å². The SMILES string of the molecule is CCCCCCOc1ccc(C(=O)Oc2ccc(CCC3CCC(OC(=O)[C@@H](F)CCCC)CC3)cc2)c(F)c1. The van der Waals surface area contributed by atoms with Crippen molar-refractivity contribution in [3.63, 3.8) is 0 Å². The van der Waals surface area contributed by atoms with Gasteiger partial charge >= 0.3 is 11.9 Å². The summed E-state index contributed by atoms with van der Waals surface area (Å²) in [6, 6.07) is 11.5. The van der Waals surface area contributed by atoms with Crippen LogP contribution in [0.4, 0.5) is 8.78 Å². The van der Waals surface area contributed by atoms with Gasteiger partial charge in [0.15, 0.2) is 6.17 Å². The summed E-state index contributed by atoms with van der Waals surface area (Å²) >= 11 is 0. The number of carbonyl (C=O) groups is 2. The van der Waals surface area contributed by atoms with E-state index in [1.165, 1.54) is 12.1 Å². The van der Waals surface area contributed by atoms with Crippen LogP contribution in [0.2, 0.25) is 0 Å². The molecule has 1 atom stereocenters. The number of hydrogen-bond donors (Lipinski definition) is 0. The largest absolute Gasteiger partial charge is 0.493 e. The molecule has 0 N–H and O–H groups in total. The van der Waals surface area contributed by atoms with Crippen LogP contribution in [0.25, 0.3) is 0 Å². The Labute approximate surface area is 237 Å².